The number of nitrogens with one attached hydrogen (secondary N) is 1. The van der Waals surface area contributed by atoms with Crippen molar-refractivity contribution in [3.05, 3.63) is 75.5 Å². The minimum Gasteiger partial charge on any atom is -0.322 e. The standard InChI is InChI=1S/C17H10Cl3N3O/c18-12-3-1-10(2-4-12)16-21-8-11(9-22-16)17(24)23-13-5-6-14(19)15(20)7-13/h1-9H,(H,23,24). The maximum absolute atomic E-state index is 12.2. The lowest BCUT2D eigenvalue weighted by molar-refractivity contribution is 0.102. The summed E-state index contributed by atoms with van der Waals surface area (Å²) in [7, 11) is 0. The Bertz CT molecular complexity index is 881. The van der Waals surface area contributed by atoms with Crippen LogP contribution in [0, 0.1) is 0 Å². The fraction of sp³-hybridized carbons (Fsp3) is 0. The number of aromatic nitrogens is 2. The molecule has 0 saturated heterocycles. The third kappa shape index (κ3) is 3.85. The summed E-state index contributed by atoms with van der Waals surface area (Å²) in [5, 5.41) is 4.14. The largest absolute Gasteiger partial charge is 0.322 e. The molecule has 0 fully saturated rings. The molecule has 1 N–H and O–H groups in total. The average molecular weight is 379 g/mol. The zero-order valence-electron chi connectivity index (χ0n) is 12.1. The highest BCUT2D eigenvalue weighted by Gasteiger charge is 2.09. The van der Waals surface area contributed by atoms with Crippen LogP contribution in [0.1, 0.15) is 10.4 Å². The van der Waals surface area contributed by atoms with Crippen LogP contribution in [0.4, 0.5) is 5.69 Å². The molecule has 0 aliphatic carbocycles. The summed E-state index contributed by atoms with van der Waals surface area (Å²) in [6, 6.07) is 12.0. The number of benzene rings is 2. The molecule has 0 radical (unpaired) electrons. The number of carbonyl (C=O) groups excluding carboxylic acids is 1. The molecule has 0 bridgehead atoms. The van der Waals surface area contributed by atoms with Crippen molar-refractivity contribution in [2.75, 3.05) is 5.32 Å². The molecule has 1 aromatic heterocycles. The van der Waals surface area contributed by atoms with Gasteiger partial charge >= 0.3 is 0 Å². The zero-order valence-corrected chi connectivity index (χ0v) is 14.4. The van der Waals surface area contributed by atoms with Crippen molar-refractivity contribution in [2.45, 2.75) is 0 Å². The number of halogens is 3. The van der Waals surface area contributed by atoms with Gasteiger partial charge in [0.1, 0.15) is 0 Å². The number of hydrogen-bond donors (Lipinski definition) is 1. The van der Waals surface area contributed by atoms with E-state index < -0.39 is 0 Å². The first-order valence-corrected chi connectivity index (χ1v) is 8.01. The van der Waals surface area contributed by atoms with Crippen molar-refractivity contribution in [2.24, 2.45) is 0 Å². The Morgan fingerprint density at radius 1 is 0.875 bits per heavy atom. The molecule has 0 unspecified atom stereocenters. The van der Waals surface area contributed by atoms with Crippen LogP contribution in [0.3, 0.4) is 0 Å². The van der Waals surface area contributed by atoms with Crippen LogP contribution >= 0.6 is 34.8 Å². The van der Waals surface area contributed by atoms with E-state index in [4.69, 9.17) is 34.8 Å². The summed E-state index contributed by atoms with van der Waals surface area (Å²) in [5.74, 6) is 0.175. The van der Waals surface area contributed by atoms with Crippen molar-refractivity contribution in [3.8, 4) is 11.4 Å². The SMILES string of the molecule is O=C(Nc1ccc(Cl)c(Cl)c1)c1cnc(-c2ccc(Cl)cc2)nc1. The molecule has 0 saturated carbocycles. The Kier molecular flexibility index (Phi) is 5.00. The molecule has 24 heavy (non-hydrogen) atoms. The van der Waals surface area contributed by atoms with E-state index >= 15 is 0 Å². The maximum atomic E-state index is 12.2. The van der Waals surface area contributed by atoms with Crippen molar-refractivity contribution in [1.29, 1.82) is 0 Å². The minimum absolute atomic E-state index is 0.332. The zero-order chi connectivity index (χ0) is 17.1. The van der Waals surface area contributed by atoms with Crippen molar-refractivity contribution in [1.82, 2.24) is 9.97 Å². The van der Waals surface area contributed by atoms with E-state index in [9.17, 15) is 4.79 Å². The Balaban J connectivity index is 1.76. The fourth-order valence-corrected chi connectivity index (χ4v) is 2.39. The summed E-state index contributed by atoms with van der Waals surface area (Å²) in [6.45, 7) is 0. The van der Waals surface area contributed by atoms with E-state index in [1.165, 1.54) is 12.4 Å². The number of rotatable bonds is 3. The molecule has 0 atom stereocenters. The van der Waals surface area contributed by atoms with Gasteiger partial charge in [-0.1, -0.05) is 34.8 Å². The first kappa shape index (κ1) is 16.7. The number of carbonyl (C=O) groups is 1. The van der Waals surface area contributed by atoms with Crippen LogP contribution < -0.4 is 5.32 Å². The molecule has 1 heterocycles. The molecular weight excluding hydrogens is 369 g/mol. The first-order chi connectivity index (χ1) is 11.5. The first-order valence-electron chi connectivity index (χ1n) is 6.87. The summed E-state index contributed by atoms with van der Waals surface area (Å²) in [4.78, 5) is 20.6. The van der Waals surface area contributed by atoms with Crippen molar-refractivity contribution < 1.29 is 4.79 Å². The van der Waals surface area contributed by atoms with Gasteiger partial charge in [-0.3, -0.25) is 4.79 Å². The van der Waals surface area contributed by atoms with Crippen LogP contribution in [-0.4, -0.2) is 15.9 Å². The van der Waals surface area contributed by atoms with Gasteiger partial charge in [0.25, 0.3) is 5.91 Å². The molecule has 0 spiro atoms. The van der Waals surface area contributed by atoms with E-state index in [1.807, 2.05) is 12.1 Å². The molecule has 3 aromatic rings. The fourth-order valence-electron chi connectivity index (χ4n) is 1.97. The van der Waals surface area contributed by atoms with Crippen LogP contribution in [-0.2, 0) is 0 Å². The highest BCUT2D eigenvalue weighted by Crippen LogP contribution is 2.25. The van der Waals surface area contributed by atoms with Crippen molar-refractivity contribution >= 4 is 46.4 Å². The molecular formula is C17H10Cl3N3O. The second-order valence-corrected chi connectivity index (χ2v) is 6.14. The molecule has 4 nitrogen and oxygen atoms in total. The summed E-state index contributed by atoms with van der Waals surface area (Å²) >= 11 is 17.6. The molecule has 3 rings (SSSR count). The normalized spacial score (nSPS) is 10.5. The molecule has 7 heteroatoms. The van der Waals surface area contributed by atoms with Gasteiger partial charge in [-0.05, 0) is 42.5 Å². The minimum atomic E-state index is -0.337. The van der Waals surface area contributed by atoms with Crippen LogP contribution in [0.25, 0.3) is 11.4 Å². The number of anilines is 1. The van der Waals surface area contributed by atoms with E-state index in [0.29, 0.717) is 32.1 Å². The highest BCUT2D eigenvalue weighted by molar-refractivity contribution is 6.42. The predicted octanol–water partition coefficient (Wildman–Crippen LogP) is 5.36. The van der Waals surface area contributed by atoms with Gasteiger partial charge in [0.15, 0.2) is 5.82 Å². The van der Waals surface area contributed by atoms with Gasteiger partial charge in [0, 0.05) is 28.7 Å². The van der Waals surface area contributed by atoms with Gasteiger partial charge in [-0.25, -0.2) is 9.97 Å². The molecule has 0 aliphatic heterocycles. The van der Waals surface area contributed by atoms with E-state index in [2.05, 4.69) is 15.3 Å². The Morgan fingerprint density at radius 2 is 1.54 bits per heavy atom. The average Bonchev–Trinajstić information content (AvgIpc) is 2.59. The highest BCUT2D eigenvalue weighted by atomic mass is 35.5. The monoisotopic (exact) mass is 377 g/mol. The molecule has 0 aliphatic rings. The van der Waals surface area contributed by atoms with Crippen molar-refractivity contribution in [3.63, 3.8) is 0 Å². The second kappa shape index (κ2) is 7.18. The molecule has 1 amide bonds. The van der Waals surface area contributed by atoms with Gasteiger partial charge in [-0.15, -0.1) is 0 Å². The maximum Gasteiger partial charge on any atom is 0.258 e. The number of amides is 1. The second-order valence-electron chi connectivity index (χ2n) is 4.89. The van der Waals surface area contributed by atoms with E-state index in [1.54, 1.807) is 30.3 Å². The Hall–Kier alpha value is -2.14. The third-order valence-electron chi connectivity index (χ3n) is 3.19. The van der Waals surface area contributed by atoms with Crippen LogP contribution in [0.15, 0.2) is 54.9 Å². The van der Waals surface area contributed by atoms with Crippen LogP contribution in [0.2, 0.25) is 15.1 Å². The quantitative estimate of drug-likeness (QED) is 0.668. The Morgan fingerprint density at radius 3 is 2.17 bits per heavy atom. The smallest absolute Gasteiger partial charge is 0.258 e. The van der Waals surface area contributed by atoms with Crippen LogP contribution in [0.5, 0.6) is 0 Å². The lowest BCUT2D eigenvalue weighted by Gasteiger charge is -2.06. The Labute approximate surface area is 153 Å². The number of hydrogen-bond acceptors (Lipinski definition) is 3. The number of nitrogens with zero attached hydrogens (tertiary/aromatic N) is 2. The van der Waals surface area contributed by atoms with E-state index in [-0.39, 0.29) is 5.91 Å². The molecule has 120 valence electrons. The predicted molar refractivity (Wildman–Crippen MR) is 96.9 cm³/mol. The molecule has 2 aromatic carbocycles. The van der Waals surface area contributed by atoms with Gasteiger partial charge in [0.05, 0.1) is 15.6 Å². The lowest BCUT2D eigenvalue weighted by atomic mass is 10.2. The van der Waals surface area contributed by atoms with Gasteiger partial charge in [-0.2, -0.15) is 0 Å². The summed E-state index contributed by atoms with van der Waals surface area (Å²) < 4.78 is 0. The van der Waals surface area contributed by atoms with E-state index in [0.717, 1.165) is 5.56 Å². The van der Waals surface area contributed by atoms with Gasteiger partial charge < -0.3 is 5.32 Å². The summed E-state index contributed by atoms with van der Waals surface area (Å²) in [6.07, 6.45) is 2.92. The summed E-state index contributed by atoms with van der Waals surface area (Å²) in [5.41, 5.74) is 1.69. The van der Waals surface area contributed by atoms with Gasteiger partial charge in [0.2, 0.25) is 0 Å². The third-order valence-corrected chi connectivity index (χ3v) is 4.18. The topological polar surface area (TPSA) is 54.9 Å². The lowest BCUT2D eigenvalue weighted by Crippen LogP contribution is -2.12.